The lowest BCUT2D eigenvalue weighted by atomic mass is 10.1. The maximum Gasteiger partial charge on any atom is 0.135 e. The van der Waals surface area contributed by atoms with Gasteiger partial charge in [-0.05, 0) is 30.7 Å². The van der Waals surface area contributed by atoms with Crippen LogP contribution in [-0.4, -0.2) is 12.0 Å². The van der Waals surface area contributed by atoms with E-state index in [0.717, 1.165) is 12.2 Å². The molecule has 0 aliphatic heterocycles. The van der Waals surface area contributed by atoms with Crippen LogP contribution in [0.4, 0.5) is 5.82 Å². The highest BCUT2D eigenvalue weighted by molar-refractivity contribution is 5.48. The molecule has 1 aromatic heterocycles. The Balaban J connectivity index is 2.85. The molecule has 0 saturated heterocycles. The van der Waals surface area contributed by atoms with Gasteiger partial charge in [0.25, 0.3) is 0 Å². The minimum atomic E-state index is 1.02. The number of hydrogen-bond donors (Lipinski definition) is 0. The van der Waals surface area contributed by atoms with Crippen molar-refractivity contribution in [2.45, 2.75) is 26.2 Å². The van der Waals surface area contributed by atoms with Crippen molar-refractivity contribution in [2.75, 3.05) is 11.9 Å². The summed E-state index contributed by atoms with van der Waals surface area (Å²) in [5.41, 5.74) is 1.30. The second-order valence-electron chi connectivity index (χ2n) is 3.38. The van der Waals surface area contributed by atoms with E-state index in [1.54, 1.807) is 6.20 Å². The van der Waals surface area contributed by atoms with Crippen LogP contribution >= 0.6 is 0 Å². The van der Waals surface area contributed by atoms with Gasteiger partial charge in [-0.25, -0.2) is 4.98 Å². The largest absolute Gasteiger partial charge is 0.336 e. The smallest absolute Gasteiger partial charge is 0.135 e. The Hall–Kier alpha value is -1.31. The van der Waals surface area contributed by atoms with Gasteiger partial charge in [0.1, 0.15) is 5.82 Å². The van der Waals surface area contributed by atoms with Gasteiger partial charge in [-0.2, -0.15) is 0 Å². The standard InChI is InChI=1S/C12H18N2/c1-4-6-8-11-9-7-10-13-12(11)14(3)5-2/h5,7,9-10H,2,4,6,8H2,1,3H3. The highest BCUT2D eigenvalue weighted by Gasteiger charge is 2.04. The van der Waals surface area contributed by atoms with E-state index in [1.807, 2.05) is 24.2 Å². The Morgan fingerprint density at radius 2 is 2.36 bits per heavy atom. The molecular weight excluding hydrogens is 172 g/mol. The van der Waals surface area contributed by atoms with Gasteiger partial charge in [-0.3, -0.25) is 0 Å². The number of unbranched alkanes of at least 4 members (excludes halogenated alkanes) is 1. The zero-order chi connectivity index (χ0) is 10.4. The summed E-state index contributed by atoms with van der Waals surface area (Å²) >= 11 is 0. The summed E-state index contributed by atoms with van der Waals surface area (Å²) in [4.78, 5) is 6.32. The van der Waals surface area contributed by atoms with Crippen molar-refractivity contribution in [1.29, 1.82) is 0 Å². The van der Waals surface area contributed by atoms with Crippen LogP contribution in [0.25, 0.3) is 0 Å². The third-order valence-electron chi connectivity index (χ3n) is 2.28. The summed E-state index contributed by atoms with van der Waals surface area (Å²) in [7, 11) is 1.98. The van der Waals surface area contributed by atoms with E-state index >= 15 is 0 Å². The highest BCUT2D eigenvalue weighted by Crippen LogP contribution is 2.17. The molecule has 0 aliphatic rings. The maximum absolute atomic E-state index is 4.36. The number of rotatable bonds is 5. The van der Waals surface area contributed by atoms with Crippen molar-refractivity contribution in [3.05, 3.63) is 36.7 Å². The molecule has 0 N–H and O–H groups in total. The first-order chi connectivity index (χ1) is 6.79. The number of anilines is 1. The summed E-state index contributed by atoms with van der Waals surface area (Å²) in [5, 5.41) is 0. The lowest BCUT2D eigenvalue weighted by Crippen LogP contribution is -2.11. The van der Waals surface area contributed by atoms with Crippen molar-refractivity contribution >= 4 is 5.82 Å². The highest BCUT2D eigenvalue weighted by atomic mass is 15.1. The van der Waals surface area contributed by atoms with Crippen LogP contribution < -0.4 is 4.90 Å². The van der Waals surface area contributed by atoms with Crippen molar-refractivity contribution in [1.82, 2.24) is 4.98 Å². The molecule has 0 radical (unpaired) electrons. The van der Waals surface area contributed by atoms with Crippen LogP contribution in [-0.2, 0) is 6.42 Å². The first-order valence-electron chi connectivity index (χ1n) is 5.09. The van der Waals surface area contributed by atoms with E-state index in [9.17, 15) is 0 Å². The van der Waals surface area contributed by atoms with Gasteiger partial charge in [-0.15, -0.1) is 0 Å². The molecule has 0 amide bonds. The molecule has 0 saturated carbocycles. The molecule has 0 bridgehead atoms. The van der Waals surface area contributed by atoms with Crippen LogP contribution in [0.1, 0.15) is 25.3 Å². The Kier molecular flexibility index (Phi) is 4.17. The molecule has 1 rings (SSSR count). The Bertz CT molecular complexity index is 294. The molecule has 0 aliphatic carbocycles. The predicted octanol–water partition coefficient (Wildman–Crippen LogP) is 3.00. The molecule has 14 heavy (non-hydrogen) atoms. The molecule has 2 nitrogen and oxygen atoms in total. The van der Waals surface area contributed by atoms with E-state index in [4.69, 9.17) is 0 Å². The number of aromatic nitrogens is 1. The van der Waals surface area contributed by atoms with E-state index in [1.165, 1.54) is 18.4 Å². The molecule has 0 spiro atoms. The summed E-state index contributed by atoms with van der Waals surface area (Å²) < 4.78 is 0. The first-order valence-corrected chi connectivity index (χ1v) is 5.09. The molecule has 0 atom stereocenters. The second-order valence-corrected chi connectivity index (χ2v) is 3.38. The normalized spacial score (nSPS) is 9.86. The van der Waals surface area contributed by atoms with Crippen LogP contribution in [0.15, 0.2) is 31.1 Å². The quantitative estimate of drug-likeness (QED) is 0.709. The molecule has 0 aromatic carbocycles. The van der Waals surface area contributed by atoms with Crippen molar-refractivity contribution in [3.63, 3.8) is 0 Å². The zero-order valence-electron chi connectivity index (χ0n) is 9.03. The maximum atomic E-state index is 4.36. The Morgan fingerprint density at radius 3 is 3.00 bits per heavy atom. The molecule has 1 aromatic rings. The van der Waals surface area contributed by atoms with Crippen LogP contribution in [0.3, 0.4) is 0 Å². The summed E-state index contributed by atoms with van der Waals surface area (Å²) in [6, 6.07) is 4.13. The number of nitrogens with zero attached hydrogens (tertiary/aromatic N) is 2. The molecule has 2 heteroatoms. The van der Waals surface area contributed by atoms with Gasteiger partial charge < -0.3 is 4.90 Å². The topological polar surface area (TPSA) is 16.1 Å². The molecular formula is C12H18N2. The number of pyridine rings is 1. The zero-order valence-corrected chi connectivity index (χ0v) is 9.03. The van der Waals surface area contributed by atoms with Crippen LogP contribution in [0.2, 0.25) is 0 Å². The van der Waals surface area contributed by atoms with Gasteiger partial charge in [0, 0.05) is 13.2 Å². The number of hydrogen-bond acceptors (Lipinski definition) is 2. The van der Waals surface area contributed by atoms with Crippen molar-refractivity contribution in [2.24, 2.45) is 0 Å². The van der Waals surface area contributed by atoms with E-state index in [2.05, 4.69) is 24.6 Å². The Labute approximate surface area is 86.3 Å². The van der Waals surface area contributed by atoms with Gasteiger partial charge >= 0.3 is 0 Å². The SMILES string of the molecule is C=CN(C)c1ncccc1CCCC. The minimum absolute atomic E-state index is 1.02. The molecule has 0 unspecified atom stereocenters. The fraction of sp³-hybridized carbons (Fsp3) is 0.417. The first kappa shape index (κ1) is 10.8. The van der Waals surface area contributed by atoms with E-state index in [0.29, 0.717) is 0 Å². The van der Waals surface area contributed by atoms with Gasteiger partial charge in [-0.1, -0.05) is 26.0 Å². The Morgan fingerprint density at radius 1 is 1.57 bits per heavy atom. The second kappa shape index (κ2) is 5.43. The lowest BCUT2D eigenvalue weighted by Gasteiger charge is -2.16. The average molecular weight is 190 g/mol. The van der Waals surface area contributed by atoms with Gasteiger partial charge in [0.05, 0.1) is 0 Å². The number of aryl methyl sites for hydroxylation is 1. The van der Waals surface area contributed by atoms with Crippen molar-refractivity contribution in [3.8, 4) is 0 Å². The summed E-state index contributed by atoms with van der Waals surface area (Å²) in [5.74, 6) is 1.02. The minimum Gasteiger partial charge on any atom is -0.336 e. The summed E-state index contributed by atoms with van der Waals surface area (Å²) in [6.07, 6.45) is 7.14. The van der Waals surface area contributed by atoms with Crippen LogP contribution in [0, 0.1) is 0 Å². The monoisotopic (exact) mass is 190 g/mol. The van der Waals surface area contributed by atoms with Gasteiger partial charge in [0.2, 0.25) is 0 Å². The summed E-state index contributed by atoms with van der Waals surface area (Å²) in [6.45, 7) is 5.95. The third kappa shape index (κ3) is 2.59. The van der Waals surface area contributed by atoms with Crippen LogP contribution in [0.5, 0.6) is 0 Å². The fourth-order valence-corrected chi connectivity index (χ4v) is 1.40. The lowest BCUT2D eigenvalue weighted by molar-refractivity contribution is 0.790. The fourth-order valence-electron chi connectivity index (χ4n) is 1.40. The third-order valence-corrected chi connectivity index (χ3v) is 2.28. The predicted molar refractivity (Wildman–Crippen MR) is 61.4 cm³/mol. The molecule has 1 heterocycles. The van der Waals surface area contributed by atoms with Crippen molar-refractivity contribution < 1.29 is 0 Å². The van der Waals surface area contributed by atoms with E-state index in [-0.39, 0.29) is 0 Å². The average Bonchev–Trinajstić information content (AvgIpc) is 2.25. The molecule has 76 valence electrons. The molecule has 0 fully saturated rings. The van der Waals surface area contributed by atoms with E-state index < -0.39 is 0 Å². The van der Waals surface area contributed by atoms with Gasteiger partial charge in [0.15, 0.2) is 0 Å².